The molecule has 0 spiro atoms. The number of dihydropyridines is 1. The van der Waals surface area contributed by atoms with E-state index in [1.807, 2.05) is 6.07 Å². The highest BCUT2D eigenvalue weighted by Gasteiger charge is 2.64. The smallest absolute Gasteiger partial charge is 0.377 e. The molecule has 4 nitrogen and oxygen atoms in total. The van der Waals surface area contributed by atoms with Crippen LogP contribution in [0.5, 0.6) is 0 Å². The fourth-order valence-electron chi connectivity index (χ4n) is 3.43. The second kappa shape index (κ2) is 6.60. The van der Waals surface area contributed by atoms with Gasteiger partial charge in [-0.3, -0.25) is 4.99 Å². The average Bonchev–Trinajstić information content (AvgIpc) is 2.57. The number of anilines is 1. The van der Waals surface area contributed by atoms with Gasteiger partial charge in [0.25, 0.3) is 0 Å². The van der Waals surface area contributed by atoms with Crippen molar-refractivity contribution in [3.05, 3.63) is 40.4 Å². The van der Waals surface area contributed by atoms with E-state index >= 15 is 0 Å². The number of allylic oxidation sites excluding steroid dienone is 1. The SMILES string of the molecule is CC(C)OCC1(C(F)(F)F)c2cc(C#N)ccc2N[C@@H]2N=CC(Cl)=CC21. The number of ether oxygens (including phenoxy) is 1. The van der Waals surface area contributed by atoms with Gasteiger partial charge in [-0.2, -0.15) is 18.4 Å². The number of fused-ring (bicyclic) bond motifs is 2. The molecule has 138 valence electrons. The van der Waals surface area contributed by atoms with Crippen molar-refractivity contribution in [2.45, 2.75) is 37.7 Å². The third-order valence-corrected chi connectivity index (χ3v) is 4.91. The molecule has 0 bridgehead atoms. The number of nitrogens with zero attached hydrogens (tertiary/aromatic N) is 2. The van der Waals surface area contributed by atoms with E-state index in [-0.39, 0.29) is 16.2 Å². The van der Waals surface area contributed by atoms with Crippen molar-refractivity contribution in [2.24, 2.45) is 10.9 Å². The van der Waals surface area contributed by atoms with E-state index in [9.17, 15) is 13.2 Å². The fourth-order valence-corrected chi connectivity index (χ4v) is 3.62. The van der Waals surface area contributed by atoms with Crippen molar-refractivity contribution >= 4 is 23.5 Å². The molecule has 2 aliphatic rings. The molecule has 2 aliphatic heterocycles. The Morgan fingerprint density at radius 2 is 2.15 bits per heavy atom. The van der Waals surface area contributed by atoms with Crippen molar-refractivity contribution in [1.29, 1.82) is 5.26 Å². The van der Waals surface area contributed by atoms with Gasteiger partial charge in [0.1, 0.15) is 11.6 Å². The molecule has 0 saturated carbocycles. The highest BCUT2D eigenvalue weighted by Crippen LogP contribution is 2.55. The molecule has 2 unspecified atom stereocenters. The van der Waals surface area contributed by atoms with Crippen molar-refractivity contribution in [3.8, 4) is 6.07 Å². The Bertz CT molecular complexity index is 813. The first kappa shape index (κ1) is 18.7. The number of hydrogen-bond donors (Lipinski definition) is 1. The van der Waals surface area contributed by atoms with Gasteiger partial charge in [0.05, 0.1) is 29.4 Å². The van der Waals surface area contributed by atoms with Gasteiger partial charge in [0.15, 0.2) is 0 Å². The normalized spacial score (nSPS) is 27.2. The van der Waals surface area contributed by atoms with E-state index < -0.39 is 36.4 Å². The van der Waals surface area contributed by atoms with E-state index in [2.05, 4.69) is 10.3 Å². The van der Waals surface area contributed by atoms with E-state index in [1.165, 1.54) is 30.5 Å². The summed E-state index contributed by atoms with van der Waals surface area (Å²) >= 11 is 5.99. The lowest BCUT2D eigenvalue weighted by Gasteiger charge is -2.49. The van der Waals surface area contributed by atoms with Gasteiger partial charge in [-0.05, 0) is 37.6 Å². The molecular weight excluding hydrogens is 367 g/mol. The summed E-state index contributed by atoms with van der Waals surface area (Å²) in [5, 5.41) is 12.3. The summed E-state index contributed by atoms with van der Waals surface area (Å²) in [5.41, 5.74) is -1.95. The standard InChI is InChI=1S/C18H17ClF3N3O/c1-10(2)26-9-17(18(20,21)22)13-5-11(7-23)3-4-15(13)25-16-14(17)6-12(19)8-24-16/h3-6,8,10,14,16,25H,9H2,1-2H3/t14?,16-,17?/m0/s1. The van der Waals surface area contributed by atoms with Crippen LogP contribution in [0.1, 0.15) is 25.0 Å². The maximum Gasteiger partial charge on any atom is 0.401 e. The molecule has 3 rings (SSSR count). The van der Waals surface area contributed by atoms with Crippen LogP contribution in [-0.4, -0.2) is 31.3 Å². The van der Waals surface area contributed by atoms with Crippen LogP contribution in [0.3, 0.4) is 0 Å². The molecular formula is C18H17ClF3N3O. The first-order chi connectivity index (χ1) is 12.2. The number of benzene rings is 1. The van der Waals surface area contributed by atoms with E-state index in [0.717, 1.165) is 0 Å². The van der Waals surface area contributed by atoms with Gasteiger partial charge in [-0.1, -0.05) is 17.7 Å². The minimum Gasteiger partial charge on any atom is -0.377 e. The third kappa shape index (κ3) is 2.97. The summed E-state index contributed by atoms with van der Waals surface area (Å²) in [4.78, 5) is 4.15. The number of nitrogens with one attached hydrogen (secondary N) is 1. The van der Waals surface area contributed by atoms with Crippen molar-refractivity contribution in [2.75, 3.05) is 11.9 Å². The molecule has 2 heterocycles. The van der Waals surface area contributed by atoms with Crippen molar-refractivity contribution in [1.82, 2.24) is 0 Å². The molecule has 0 aromatic heterocycles. The summed E-state index contributed by atoms with van der Waals surface area (Å²) in [6.07, 6.45) is -3.15. The van der Waals surface area contributed by atoms with Crippen LogP contribution >= 0.6 is 11.6 Å². The maximum atomic E-state index is 14.5. The predicted octanol–water partition coefficient (Wildman–Crippen LogP) is 4.36. The van der Waals surface area contributed by atoms with Crippen LogP contribution < -0.4 is 5.32 Å². The van der Waals surface area contributed by atoms with Gasteiger partial charge in [-0.25, -0.2) is 0 Å². The monoisotopic (exact) mass is 383 g/mol. The zero-order valence-electron chi connectivity index (χ0n) is 14.1. The topological polar surface area (TPSA) is 57.4 Å². The Balaban J connectivity index is 2.28. The molecule has 0 saturated heterocycles. The number of aliphatic imine (C=N–C) groups is 1. The Kier molecular flexibility index (Phi) is 4.76. The molecule has 1 N–H and O–H groups in total. The van der Waals surface area contributed by atoms with Crippen LogP contribution in [0.15, 0.2) is 34.3 Å². The lowest BCUT2D eigenvalue weighted by molar-refractivity contribution is -0.222. The largest absolute Gasteiger partial charge is 0.401 e. The van der Waals surface area contributed by atoms with Crippen molar-refractivity contribution < 1.29 is 17.9 Å². The summed E-state index contributed by atoms with van der Waals surface area (Å²) < 4.78 is 49.1. The molecule has 0 amide bonds. The zero-order valence-corrected chi connectivity index (χ0v) is 14.9. The zero-order chi connectivity index (χ0) is 19.1. The summed E-state index contributed by atoms with van der Waals surface area (Å²) in [6, 6.07) is 6.14. The van der Waals surface area contributed by atoms with Crippen LogP contribution in [0, 0.1) is 17.2 Å². The van der Waals surface area contributed by atoms with E-state index in [4.69, 9.17) is 21.6 Å². The Morgan fingerprint density at radius 3 is 2.77 bits per heavy atom. The van der Waals surface area contributed by atoms with Gasteiger partial charge in [0.2, 0.25) is 0 Å². The van der Waals surface area contributed by atoms with Gasteiger partial charge in [0, 0.05) is 17.8 Å². The van der Waals surface area contributed by atoms with Crippen LogP contribution in [0.25, 0.3) is 0 Å². The molecule has 1 aromatic rings. The number of halogens is 4. The second-order valence-corrected chi connectivity index (χ2v) is 7.08. The minimum atomic E-state index is -4.64. The number of hydrogen-bond acceptors (Lipinski definition) is 4. The van der Waals surface area contributed by atoms with Gasteiger partial charge in [-0.15, -0.1) is 0 Å². The molecule has 1 aromatic carbocycles. The van der Waals surface area contributed by atoms with Crippen LogP contribution in [-0.2, 0) is 10.2 Å². The number of rotatable bonds is 3. The highest BCUT2D eigenvalue weighted by atomic mass is 35.5. The number of nitriles is 1. The Morgan fingerprint density at radius 1 is 1.42 bits per heavy atom. The molecule has 0 aliphatic carbocycles. The lowest BCUT2D eigenvalue weighted by atomic mass is 9.65. The maximum absolute atomic E-state index is 14.5. The van der Waals surface area contributed by atoms with Gasteiger partial charge >= 0.3 is 6.18 Å². The molecule has 0 radical (unpaired) electrons. The van der Waals surface area contributed by atoms with Gasteiger partial charge < -0.3 is 10.1 Å². The lowest BCUT2D eigenvalue weighted by Crippen LogP contribution is -2.59. The molecule has 8 heteroatoms. The Hall–Kier alpha value is -2.04. The summed E-state index contributed by atoms with van der Waals surface area (Å²) in [7, 11) is 0. The first-order valence-electron chi connectivity index (χ1n) is 8.09. The van der Waals surface area contributed by atoms with E-state index in [1.54, 1.807) is 13.8 Å². The molecule has 26 heavy (non-hydrogen) atoms. The second-order valence-electron chi connectivity index (χ2n) is 6.65. The fraction of sp³-hybridized carbons (Fsp3) is 0.444. The number of alkyl halides is 3. The van der Waals surface area contributed by atoms with Crippen LogP contribution in [0.2, 0.25) is 0 Å². The third-order valence-electron chi connectivity index (χ3n) is 4.69. The summed E-state index contributed by atoms with van der Waals surface area (Å²) in [6.45, 7) is 2.77. The Labute approximate surface area is 154 Å². The average molecular weight is 384 g/mol. The summed E-state index contributed by atoms with van der Waals surface area (Å²) in [5.74, 6) is -1.10. The molecule has 3 atom stereocenters. The van der Waals surface area contributed by atoms with E-state index in [0.29, 0.717) is 5.69 Å². The predicted molar refractivity (Wildman–Crippen MR) is 93.3 cm³/mol. The first-order valence-corrected chi connectivity index (χ1v) is 8.47. The molecule has 0 fully saturated rings. The quantitative estimate of drug-likeness (QED) is 0.843. The van der Waals surface area contributed by atoms with Crippen LogP contribution in [0.4, 0.5) is 18.9 Å². The minimum absolute atomic E-state index is 0.0243. The van der Waals surface area contributed by atoms with Crippen molar-refractivity contribution in [3.63, 3.8) is 0 Å². The highest BCUT2D eigenvalue weighted by molar-refractivity contribution is 6.39.